The summed E-state index contributed by atoms with van der Waals surface area (Å²) >= 11 is 0. The highest BCUT2D eigenvalue weighted by atomic mass is 15.5. The lowest BCUT2D eigenvalue weighted by molar-refractivity contribution is 0.559. The van der Waals surface area contributed by atoms with Gasteiger partial charge in [-0.05, 0) is 30.9 Å². The maximum Gasteiger partial charge on any atom is 0.0998 e. The summed E-state index contributed by atoms with van der Waals surface area (Å²) in [5.74, 6) is 0.917. The predicted molar refractivity (Wildman–Crippen MR) is 70.2 cm³/mol. The number of nitrogens with zero attached hydrogens (tertiary/aromatic N) is 3. The molecule has 2 aromatic rings. The first-order chi connectivity index (χ1) is 8.83. The molecule has 4 heteroatoms. The van der Waals surface area contributed by atoms with Crippen molar-refractivity contribution in [3.63, 3.8) is 0 Å². The summed E-state index contributed by atoms with van der Waals surface area (Å²) in [6.45, 7) is 0. The van der Waals surface area contributed by atoms with Crippen molar-refractivity contribution in [1.82, 2.24) is 15.0 Å². The van der Waals surface area contributed by atoms with Gasteiger partial charge in [-0.3, -0.25) is 0 Å². The van der Waals surface area contributed by atoms with E-state index < -0.39 is 0 Å². The third-order valence-corrected chi connectivity index (χ3v) is 3.46. The Morgan fingerprint density at radius 3 is 2.78 bits per heavy atom. The summed E-state index contributed by atoms with van der Waals surface area (Å²) < 4.78 is 0. The number of para-hydroxylation sites is 1. The fraction of sp³-hybridized carbons (Fsp3) is 0.429. The van der Waals surface area contributed by atoms with Crippen LogP contribution in [0.25, 0.3) is 5.69 Å². The van der Waals surface area contributed by atoms with E-state index in [-0.39, 0.29) is 6.04 Å². The van der Waals surface area contributed by atoms with Crippen molar-refractivity contribution >= 4 is 0 Å². The van der Waals surface area contributed by atoms with Crippen LogP contribution in [0.15, 0.2) is 36.5 Å². The van der Waals surface area contributed by atoms with Crippen LogP contribution in [0.5, 0.6) is 0 Å². The molecule has 1 aromatic carbocycles. The van der Waals surface area contributed by atoms with Crippen molar-refractivity contribution in [3.05, 3.63) is 42.2 Å². The second-order valence-electron chi connectivity index (χ2n) is 5.02. The normalized spacial score (nSPS) is 16.7. The van der Waals surface area contributed by atoms with E-state index in [9.17, 15) is 0 Å². The van der Waals surface area contributed by atoms with Crippen LogP contribution >= 0.6 is 0 Å². The Balaban J connectivity index is 1.68. The van der Waals surface area contributed by atoms with Crippen LogP contribution in [0.1, 0.15) is 37.4 Å². The number of rotatable bonds is 5. The van der Waals surface area contributed by atoms with Crippen molar-refractivity contribution < 1.29 is 0 Å². The van der Waals surface area contributed by atoms with Crippen molar-refractivity contribution in [3.8, 4) is 5.69 Å². The Bertz CT molecular complexity index is 502. The molecule has 4 nitrogen and oxygen atoms in total. The first-order valence-electron chi connectivity index (χ1n) is 6.56. The SMILES string of the molecule is NC(CCC1CC1)c1cnn(-c2ccccc2)n1. The summed E-state index contributed by atoms with van der Waals surface area (Å²) in [6.07, 6.45) is 6.77. The van der Waals surface area contributed by atoms with Crippen molar-refractivity contribution in [2.75, 3.05) is 0 Å². The molecule has 1 aromatic heterocycles. The first kappa shape index (κ1) is 11.4. The highest BCUT2D eigenvalue weighted by Gasteiger charge is 2.22. The lowest BCUT2D eigenvalue weighted by atomic mass is 10.1. The zero-order valence-electron chi connectivity index (χ0n) is 10.4. The minimum Gasteiger partial charge on any atom is -0.323 e. The summed E-state index contributed by atoms with van der Waals surface area (Å²) in [5, 5.41) is 8.74. The van der Waals surface area contributed by atoms with Crippen LogP contribution in [0.2, 0.25) is 0 Å². The van der Waals surface area contributed by atoms with E-state index in [1.165, 1.54) is 19.3 Å². The number of hydrogen-bond donors (Lipinski definition) is 1. The van der Waals surface area contributed by atoms with Gasteiger partial charge in [-0.25, -0.2) is 0 Å². The summed E-state index contributed by atoms with van der Waals surface area (Å²) in [7, 11) is 0. The standard InChI is InChI=1S/C14H18N4/c15-13(9-8-11-6-7-11)14-10-16-18(17-14)12-4-2-1-3-5-12/h1-5,10-11,13H,6-9,15H2. The molecule has 1 unspecified atom stereocenters. The van der Waals surface area contributed by atoms with Gasteiger partial charge in [0.25, 0.3) is 0 Å². The van der Waals surface area contributed by atoms with E-state index in [0.717, 1.165) is 23.7 Å². The quantitative estimate of drug-likeness (QED) is 0.876. The fourth-order valence-corrected chi connectivity index (χ4v) is 2.10. The van der Waals surface area contributed by atoms with Gasteiger partial charge >= 0.3 is 0 Å². The van der Waals surface area contributed by atoms with Crippen LogP contribution in [0.3, 0.4) is 0 Å². The molecule has 1 fully saturated rings. The smallest absolute Gasteiger partial charge is 0.0998 e. The van der Waals surface area contributed by atoms with Crippen LogP contribution in [-0.2, 0) is 0 Å². The molecular weight excluding hydrogens is 224 g/mol. The molecule has 94 valence electrons. The molecule has 0 aliphatic heterocycles. The monoisotopic (exact) mass is 242 g/mol. The molecule has 3 rings (SSSR count). The number of benzene rings is 1. The van der Waals surface area contributed by atoms with Gasteiger partial charge in [-0.15, -0.1) is 0 Å². The van der Waals surface area contributed by atoms with Crippen molar-refractivity contribution in [2.45, 2.75) is 31.7 Å². The molecule has 0 spiro atoms. The third-order valence-electron chi connectivity index (χ3n) is 3.46. The third kappa shape index (κ3) is 2.59. The lowest BCUT2D eigenvalue weighted by Gasteiger charge is -2.06. The molecule has 1 saturated carbocycles. The van der Waals surface area contributed by atoms with Gasteiger partial charge in [0.05, 0.1) is 23.6 Å². The van der Waals surface area contributed by atoms with E-state index in [0.29, 0.717) is 0 Å². The Morgan fingerprint density at radius 1 is 1.28 bits per heavy atom. The van der Waals surface area contributed by atoms with Gasteiger partial charge < -0.3 is 5.73 Å². The Labute approximate surface area is 107 Å². The molecule has 0 saturated heterocycles. The average Bonchev–Trinajstić information content (AvgIpc) is 3.11. The number of aromatic nitrogens is 3. The zero-order chi connectivity index (χ0) is 12.4. The van der Waals surface area contributed by atoms with Gasteiger partial charge in [0, 0.05) is 0 Å². The minimum absolute atomic E-state index is 0.0167. The lowest BCUT2D eigenvalue weighted by Crippen LogP contribution is -2.11. The van der Waals surface area contributed by atoms with E-state index >= 15 is 0 Å². The van der Waals surface area contributed by atoms with E-state index in [2.05, 4.69) is 10.2 Å². The van der Waals surface area contributed by atoms with Gasteiger partial charge in [0.2, 0.25) is 0 Å². The number of nitrogens with two attached hydrogens (primary N) is 1. The van der Waals surface area contributed by atoms with Crippen LogP contribution in [0.4, 0.5) is 0 Å². The molecule has 1 aliphatic carbocycles. The maximum atomic E-state index is 6.15. The fourth-order valence-electron chi connectivity index (χ4n) is 2.10. The molecule has 1 aliphatic rings. The molecule has 1 heterocycles. The van der Waals surface area contributed by atoms with Gasteiger partial charge in [0.1, 0.15) is 0 Å². The second-order valence-corrected chi connectivity index (χ2v) is 5.02. The largest absolute Gasteiger partial charge is 0.323 e. The molecule has 0 radical (unpaired) electrons. The summed E-state index contributed by atoms with van der Waals surface area (Å²) in [4.78, 5) is 1.65. The second kappa shape index (κ2) is 4.90. The van der Waals surface area contributed by atoms with Crippen LogP contribution in [0, 0.1) is 5.92 Å². The van der Waals surface area contributed by atoms with Crippen LogP contribution < -0.4 is 5.73 Å². The molecule has 2 N–H and O–H groups in total. The molecule has 1 atom stereocenters. The Kier molecular flexibility index (Phi) is 3.11. The average molecular weight is 242 g/mol. The minimum atomic E-state index is 0.0167. The molecule has 0 bridgehead atoms. The van der Waals surface area contributed by atoms with E-state index in [4.69, 9.17) is 5.73 Å². The van der Waals surface area contributed by atoms with Crippen molar-refractivity contribution in [1.29, 1.82) is 0 Å². The van der Waals surface area contributed by atoms with Crippen LogP contribution in [-0.4, -0.2) is 15.0 Å². The highest BCUT2D eigenvalue weighted by molar-refractivity contribution is 5.28. The number of hydrogen-bond acceptors (Lipinski definition) is 3. The van der Waals surface area contributed by atoms with E-state index in [1.54, 1.807) is 11.0 Å². The van der Waals surface area contributed by atoms with Gasteiger partial charge in [0.15, 0.2) is 0 Å². The Hall–Kier alpha value is -1.68. The summed E-state index contributed by atoms with van der Waals surface area (Å²) in [5.41, 5.74) is 8.01. The highest BCUT2D eigenvalue weighted by Crippen LogP contribution is 2.35. The summed E-state index contributed by atoms with van der Waals surface area (Å²) in [6, 6.07) is 9.92. The van der Waals surface area contributed by atoms with Gasteiger partial charge in [-0.2, -0.15) is 15.0 Å². The topological polar surface area (TPSA) is 56.7 Å². The molecular formula is C14H18N4. The molecule has 18 heavy (non-hydrogen) atoms. The predicted octanol–water partition coefficient (Wildman–Crippen LogP) is 2.46. The van der Waals surface area contributed by atoms with Crippen molar-refractivity contribution in [2.24, 2.45) is 11.7 Å². The van der Waals surface area contributed by atoms with Gasteiger partial charge in [-0.1, -0.05) is 31.0 Å². The first-order valence-corrected chi connectivity index (χ1v) is 6.56. The maximum absolute atomic E-state index is 6.15. The zero-order valence-corrected chi connectivity index (χ0v) is 10.4. The Morgan fingerprint density at radius 2 is 2.06 bits per heavy atom. The van der Waals surface area contributed by atoms with E-state index in [1.807, 2.05) is 30.3 Å². The molecule has 0 amide bonds.